The summed E-state index contributed by atoms with van der Waals surface area (Å²) in [5.74, 6) is -0.702. The van der Waals surface area contributed by atoms with Crippen molar-refractivity contribution in [2.45, 2.75) is 11.4 Å². The molecule has 0 unspecified atom stereocenters. The van der Waals surface area contributed by atoms with Crippen LogP contribution in [0.5, 0.6) is 0 Å². The first-order valence-electron chi connectivity index (χ1n) is 5.14. The van der Waals surface area contributed by atoms with E-state index in [-0.39, 0.29) is 17.2 Å². The van der Waals surface area contributed by atoms with E-state index in [9.17, 15) is 12.8 Å². The highest BCUT2D eigenvalue weighted by molar-refractivity contribution is 9.10. The Morgan fingerprint density at radius 1 is 1.33 bits per heavy atom. The van der Waals surface area contributed by atoms with Crippen molar-refractivity contribution in [2.24, 2.45) is 0 Å². The summed E-state index contributed by atoms with van der Waals surface area (Å²) < 4.78 is 39.1. The Morgan fingerprint density at radius 2 is 2.11 bits per heavy atom. The summed E-state index contributed by atoms with van der Waals surface area (Å²) in [6.45, 7) is 0.240. The van der Waals surface area contributed by atoms with Crippen LogP contribution in [0.15, 0.2) is 46.0 Å². The predicted octanol–water partition coefficient (Wildman–Crippen LogP) is 2.26. The van der Waals surface area contributed by atoms with E-state index in [2.05, 4.69) is 21.0 Å². The number of hydrogen-bond donors (Lipinski definition) is 0. The van der Waals surface area contributed by atoms with Crippen molar-refractivity contribution in [3.05, 3.63) is 46.9 Å². The molecule has 0 N–H and O–H groups in total. The number of benzene rings is 1. The van der Waals surface area contributed by atoms with Gasteiger partial charge in [-0.25, -0.2) is 12.8 Å². The second kappa shape index (κ2) is 5.19. The van der Waals surface area contributed by atoms with Crippen LogP contribution in [0, 0.1) is 5.82 Å². The zero-order chi connectivity index (χ0) is 13.2. The molecule has 0 aliphatic rings. The second-order valence-corrected chi connectivity index (χ2v) is 6.72. The topological polar surface area (TPSA) is 52.0 Å². The van der Waals surface area contributed by atoms with Crippen LogP contribution in [-0.2, 0) is 16.4 Å². The molecule has 4 nitrogen and oxygen atoms in total. The van der Waals surface area contributed by atoms with E-state index in [1.54, 1.807) is 18.5 Å². The molecule has 2 rings (SSSR count). The summed E-state index contributed by atoms with van der Waals surface area (Å²) in [5, 5.41) is 3.92. The minimum absolute atomic E-state index is 0.0264. The Morgan fingerprint density at radius 3 is 2.72 bits per heavy atom. The Labute approximate surface area is 112 Å². The van der Waals surface area contributed by atoms with E-state index in [0.717, 1.165) is 6.07 Å². The number of hydrogen-bond acceptors (Lipinski definition) is 3. The largest absolute Gasteiger partial charge is 0.272 e. The fourth-order valence-electron chi connectivity index (χ4n) is 1.47. The van der Waals surface area contributed by atoms with Gasteiger partial charge in [0.15, 0.2) is 9.84 Å². The van der Waals surface area contributed by atoms with Crippen molar-refractivity contribution in [1.29, 1.82) is 0 Å². The number of rotatable bonds is 4. The van der Waals surface area contributed by atoms with Crippen molar-refractivity contribution in [2.75, 3.05) is 5.75 Å². The lowest BCUT2D eigenvalue weighted by atomic mass is 10.3. The van der Waals surface area contributed by atoms with Crippen molar-refractivity contribution >= 4 is 25.8 Å². The van der Waals surface area contributed by atoms with Gasteiger partial charge in [0.25, 0.3) is 0 Å². The van der Waals surface area contributed by atoms with E-state index in [0.29, 0.717) is 4.47 Å². The summed E-state index contributed by atoms with van der Waals surface area (Å²) in [4.78, 5) is -0.0264. The van der Waals surface area contributed by atoms with Crippen LogP contribution in [-0.4, -0.2) is 24.0 Å². The van der Waals surface area contributed by atoms with Crippen LogP contribution >= 0.6 is 15.9 Å². The molecule has 0 atom stereocenters. The van der Waals surface area contributed by atoms with E-state index in [1.165, 1.54) is 16.8 Å². The Bertz CT molecular complexity index is 621. The number of sulfone groups is 1. The zero-order valence-electron chi connectivity index (χ0n) is 9.25. The summed E-state index contributed by atoms with van der Waals surface area (Å²) in [6, 6.07) is 5.34. The average molecular weight is 333 g/mol. The Hall–Kier alpha value is -1.21. The highest BCUT2D eigenvalue weighted by atomic mass is 79.9. The molecule has 7 heteroatoms. The molecule has 1 heterocycles. The molecule has 0 fully saturated rings. The minimum Gasteiger partial charge on any atom is -0.272 e. The van der Waals surface area contributed by atoms with Gasteiger partial charge >= 0.3 is 0 Å². The molecule has 0 saturated heterocycles. The third-order valence-electron chi connectivity index (χ3n) is 2.34. The zero-order valence-corrected chi connectivity index (χ0v) is 11.7. The fourth-order valence-corrected chi connectivity index (χ4v) is 3.35. The number of aryl methyl sites for hydroxylation is 1. The van der Waals surface area contributed by atoms with Crippen molar-refractivity contribution in [3.8, 4) is 0 Å². The first-order chi connectivity index (χ1) is 8.47. The van der Waals surface area contributed by atoms with Gasteiger partial charge in [-0.3, -0.25) is 4.68 Å². The standard InChI is InChI=1S/C11H10BrFN2O2S/c12-9-6-10(13)8-11(7-9)18(16,17)5-4-15-3-1-2-14-15/h1-3,6-8H,4-5H2. The van der Waals surface area contributed by atoms with Crippen LogP contribution in [0.4, 0.5) is 4.39 Å². The van der Waals surface area contributed by atoms with Crippen LogP contribution < -0.4 is 0 Å². The van der Waals surface area contributed by atoms with Crippen LogP contribution in [0.1, 0.15) is 0 Å². The number of halogens is 2. The Kier molecular flexibility index (Phi) is 3.82. The highest BCUT2D eigenvalue weighted by Gasteiger charge is 2.16. The van der Waals surface area contributed by atoms with Crippen molar-refractivity contribution < 1.29 is 12.8 Å². The third kappa shape index (κ3) is 3.17. The van der Waals surface area contributed by atoms with Gasteiger partial charge < -0.3 is 0 Å². The van der Waals surface area contributed by atoms with Gasteiger partial charge in [-0.15, -0.1) is 0 Å². The van der Waals surface area contributed by atoms with Gasteiger partial charge in [-0.05, 0) is 24.3 Å². The van der Waals surface area contributed by atoms with E-state index < -0.39 is 15.7 Å². The molecule has 96 valence electrons. The molecule has 2 aromatic rings. The molecule has 0 amide bonds. The van der Waals surface area contributed by atoms with Crippen LogP contribution in [0.25, 0.3) is 0 Å². The molecule has 0 aliphatic carbocycles. The first kappa shape index (κ1) is 13.2. The molecule has 1 aromatic heterocycles. The summed E-state index contributed by atoms with van der Waals surface area (Å²) in [5.41, 5.74) is 0. The van der Waals surface area contributed by atoms with Crippen molar-refractivity contribution in [3.63, 3.8) is 0 Å². The van der Waals surface area contributed by atoms with E-state index in [1.807, 2.05) is 0 Å². The normalized spacial score (nSPS) is 11.7. The van der Waals surface area contributed by atoms with Gasteiger partial charge in [0, 0.05) is 16.9 Å². The summed E-state index contributed by atoms with van der Waals surface area (Å²) in [6.07, 6.45) is 3.25. The van der Waals surface area contributed by atoms with Gasteiger partial charge in [0.1, 0.15) is 5.82 Å². The predicted molar refractivity (Wildman–Crippen MR) is 68.4 cm³/mol. The minimum atomic E-state index is -3.51. The van der Waals surface area contributed by atoms with E-state index in [4.69, 9.17) is 0 Å². The number of nitrogens with zero attached hydrogens (tertiary/aromatic N) is 2. The first-order valence-corrected chi connectivity index (χ1v) is 7.58. The molecule has 1 aromatic carbocycles. The molecular formula is C11H10BrFN2O2S. The maximum Gasteiger partial charge on any atom is 0.180 e. The van der Waals surface area contributed by atoms with Gasteiger partial charge in [-0.1, -0.05) is 15.9 Å². The van der Waals surface area contributed by atoms with Crippen molar-refractivity contribution in [1.82, 2.24) is 9.78 Å². The smallest absolute Gasteiger partial charge is 0.180 e. The number of aromatic nitrogens is 2. The lowest BCUT2D eigenvalue weighted by molar-refractivity contribution is 0.577. The third-order valence-corrected chi connectivity index (χ3v) is 4.48. The highest BCUT2D eigenvalue weighted by Crippen LogP contribution is 2.19. The Balaban J connectivity index is 2.20. The summed E-state index contributed by atoms with van der Waals surface area (Å²) >= 11 is 3.07. The molecule has 0 spiro atoms. The van der Waals surface area contributed by atoms with Gasteiger partial charge in [-0.2, -0.15) is 5.10 Å². The molecule has 18 heavy (non-hydrogen) atoms. The van der Waals surface area contributed by atoms with Gasteiger partial charge in [0.2, 0.25) is 0 Å². The summed E-state index contributed by atoms with van der Waals surface area (Å²) in [7, 11) is -3.51. The maximum atomic E-state index is 13.2. The monoisotopic (exact) mass is 332 g/mol. The SMILES string of the molecule is O=S(=O)(CCn1cccn1)c1cc(F)cc(Br)c1. The van der Waals surface area contributed by atoms with Crippen LogP contribution in [0.2, 0.25) is 0 Å². The van der Waals surface area contributed by atoms with Gasteiger partial charge in [0.05, 0.1) is 17.2 Å². The quantitative estimate of drug-likeness (QED) is 0.862. The lowest BCUT2D eigenvalue weighted by Gasteiger charge is -2.05. The maximum absolute atomic E-state index is 13.2. The molecule has 0 saturated carbocycles. The average Bonchev–Trinajstić information content (AvgIpc) is 2.78. The molecular weight excluding hydrogens is 323 g/mol. The van der Waals surface area contributed by atoms with Crippen LogP contribution in [0.3, 0.4) is 0 Å². The molecule has 0 bridgehead atoms. The molecule has 0 radical (unpaired) electrons. The molecule has 0 aliphatic heterocycles. The van der Waals surface area contributed by atoms with E-state index >= 15 is 0 Å². The lowest BCUT2D eigenvalue weighted by Crippen LogP contribution is -2.13. The fraction of sp³-hybridized carbons (Fsp3) is 0.182. The second-order valence-electron chi connectivity index (χ2n) is 3.69.